The number of nitrogens with zero attached hydrogens (tertiary/aromatic N) is 1. The van der Waals surface area contributed by atoms with Crippen LogP contribution in [0.3, 0.4) is 0 Å². The summed E-state index contributed by atoms with van der Waals surface area (Å²) < 4.78 is 0. The van der Waals surface area contributed by atoms with Crippen molar-refractivity contribution >= 4 is 23.2 Å². The van der Waals surface area contributed by atoms with Crippen molar-refractivity contribution in [1.82, 2.24) is 5.32 Å². The standard InChI is InChI=1S/C13H18ClN3O3/c1-2-3-4-10(8-15)16-13(18)11-7-9(14)5-6-12(11)17(19)20/h5-7,10H,2-4,8,15H2,1H3,(H,16,18). The predicted molar refractivity (Wildman–Crippen MR) is 77.9 cm³/mol. The first kappa shape index (κ1) is 16.4. The topological polar surface area (TPSA) is 98.3 Å². The number of nitro benzene ring substituents is 1. The summed E-state index contributed by atoms with van der Waals surface area (Å²) in [7, 11) is 0. The first-order chi connectivity index (χ1) is 9.49. The van der Waals surface area contributed by atoms with Crippen LogP contribution in [0.2, 0.25) is 5.02 Å². The Bertz CT molecular complexity index is 494. The molecule has 0 aromatic heterocycles. The van der Waals surface area contributed by atoms with Crippen LogP contribution >= 0.6 is 11.6 Å². The molecule has 6 nitrogen and oxygen atoms in total. The van der Waals surface area contributed by atoms with E-state index in [1.165, 1.54) is 18.2 Å². The fourth-order valence-electron chi connectivity index (χ4n) is 1.81. The molecule has 0 fully saturated rings. The van der Waals surface area contributed by atoms with Crippen LogP contribution in [-0.2, 0) is 0 Å². The van der Waals surface area contributed by atoms with Gasteiger partial charge in [-0.2, -0.15) is 0 Å². The zero-order chi connectivity index (χ0) is 15.1. The van der Waals surface area contributed by atoms with Crippen LogP contribution in [0.15, 0.2) is 18.2 Å². The number of carbonyl (C=O) groups is 1. The number of nitro groups is 1. The maximum absolute atomic E-state index is 12.1. The second kappa shape index (κ2) is 7.81. The molecule has 0 aliphatic carbocycles. The monoisotopic (exact) mass is 299 g/mol. The van der Waals surface area contributed by atoms with Gasteiger partial charge in [-0.25, -0.2) is 0 Å². The molecule has 3 N–H and O–H groups in total. The van der Waals surface area contributed by atoms with Crippen molar-refractivity contribution in [2.24, 2.45) is 5.73 Å². The number of hydrogen-bond donors (Lipinski definition) is 2. The van der Waals surface area contributed by atoms with Crippen LogP contribution < -0.4 is 11.1 Å². The van der Waals surface area contributed by atoms with E-state index in [-0.39, 0.29) is 22.3 Å². The summed E-state index contributed by atoms with van der Waals surface area (Å²) in [6.07, 6.45) is 2.66. The van der Waals surface area contributed by atoms with Gasteiger partial charge in [0.1, 0.15) is 5.56 Å². The Morgan fingerprint density at radius 2 is 2.25 bits per heavy atom. The molecule has 0 bridgehead atoms. The summed E-state index contributed by atoms with van der Waals surface area (Å²) in [6.45, 7) is 2.33. The minimum atomic E-state index is -0.602. The molecule has 0 heterocycles. The number of nitrogens with two attached hydrogens (primary N) is 1. The average molecular weight is 300 g/mol. The lowest BCUT2D eigenvalue weighted by atomic mass is 10.1. The van der Waals surface area contributed by atoms with Gasteiger partial charge in [0.2, 0.25) is 0 Å². The molecule has 1 rings (SSSR count). The fourth-order valence-corrected chi connectivity index (χ4v) is 1.98. The molecular weight excluding hydrogens is 282 g/mol. The van der Waals surface area contributed by atoms with Gasteiger partial charge in [-0.3, -0.25) is 14.9 Å². The van der Waals surface area contributed by atoms with E-state index in [4.69, 9.17) is 17.3 Å². The molecule has 0 radical (unpaired) electrons. The van der Waals surface area contributed by atoms with E-state index in [2.05, 4.69) is 5.32 Å². The molecule has 7 heteroatoms. The Kier molecular flexibility index (Phi) is 6.41. The van der Waals surface area contributed by atoms with E-state index in [0.717, 1.165) is 19.3 Å². The smallest absolute Gasteiger partial charge is 0.282 e. The zero-order valence-corrected chi connectivity index (χ0v) is 12.0. The van der Waals surface area contributed by atoms with E-state index in [9.17, 15) is 14.9 Å². The molecule has 0 saturated carbocycles. The Labute approximate surface area is 122 Å². The van der Waals surface area contributed by atoms with E-state index in [0.29, 0.717) is 6.54 Å². The minimum absolute atomic E-state index is 0.0440. The molecule has 0 aliphatic heterocycles. The predicted octanol–water partition coefficient (Wildman–Crippen LogP) is 2.50. The quantitative estimate of drug-likeness (QED) is 0.597. The van der Waals surface area contributed by atoms with Crippen LogP contribution in [0.1, 0.15) is 36.5 Å². The van der Waals surface area contributed by atoms with Gasteiger partial charge in [-0.1, -0.05) is 31.4 Å². The average Bonchev–Trinajstić information content (AvgIpc) is 2.42. The Balaban J connectivity index is 2.90. The van der Waals surface area contributed by atoms with Gasteiger partial charge in [-0.15, -0.1) is 0 Å². The van der Waals surface area contributed by atoms with E-state index >= 15 is 0 Å². The third-order valence-electron chi connectivity index (χ3n) is 2.93. The number of carbonyl (C=O) groups excluding carboxylic acids is 1. The van der Waals surface area contributed by atoms with Crippen molar-refractivity contribution in [2.45, 2.75) is 32.2 Å². The van der Waals surface area contributed by atoms with Gasteiger partial charge in [0.05, 0.1) is 4.92 Å². The second-order valence-corrected chi connectivity index (χ2v) is 4.90. The number of benzene rings is 1. The van der Waals surface area contributed by atoms with Crippen LogP contribution in [0.5, 0.6) is 0 Å². The fraction of sp³-hybridized carbons (Fsp3) is 0.462. The highest BCUT2D eigenvalue weighted by Gasteiger charge is 2.22. The van der Waals surface area contributed by atoms with Gasteiger partial charge < -0.3 is 11.1 Å². The maximum atomic E-state index is 12.1. The number of unbranched alkanes of at least 4 members (excludes halogenated alkanes) is 1. The number of rotatable bonds is 7. The third kappa shape index (κ3) is 4.47. The number of halogens is 1. The van der Waals surface area contributed by atoms with E-state index in [1.807, 2.05) is 6.92 Å². The SMILES string of the molecule is CCCCC(CN)NC(=O)c1cc(Cl)ccc1[N+](=O)[O-]. The molecule has 1 aromatic rings. The Hall–Kier alpha value is -1.66. The minimum Gasteiger partial charge on any atom is -0.348 e. The van der Waals surface area contributed by atoms with Crippen molar-refractivity contribution < 1.29 is 9.72 Å². The van der Waals surface area contributed by atoms with Crippen LogP contribution in [0.4, 0.5) is 5.69 Å². The molecule has 1 unspecified atom stereocenters. The van der Waals surface area contributed by atoms with E-state index < -0.39 is 10.8 Å². The third-order valence-corrected chi connectivity index (χ3v) is 3.16. The van der Waals surface area contributed by atoms with Crippen LogP contribution in [-0.4, -0.2) is 23.4 Å². The van der Waals surface area contributed by atoms with Crippen molar-refractivity contribution in [3.05, 3.63) is 38.9 Å². The first-order valence-corrected chi connectivity index (χ1v) is 6.82. The highest BCUT2D eigenvalue weighted by atomic mass is 35.5. The number of hydrogen-bond acceptors (Lipinski definition) is 4. The highest BCUT2D eigenvalue weighted by Crippen LogP contribution is 2.22. The van der Waals surface area contributed by atoms with Crippen molar-refractivity contribution in [2.75, 3.05) is 6.54 Å². The molecule has 1 amide bonds. The number of amides is 1. The molecule has 0 saturated heterocycles. The second-order valence-electron chi connectivity index (χ2n) is 4.47. The summed E-state index contributed by atoms with van der Waals surface area (Å²) in [4.78, 5) is 22.4. The lowest BCUT2D eigenvalue weighted by Gasteiger charge is -2.16. The number of nitrogens with one attached hydrogen (secondary N) is 1. The zero-order valence-electron chi connectivity index (χ0n) is 11.3. The van der Waals surface area contributed by atoms with Crippen molar-refractivity contribution in [3.8, 4) is 0 Å². The van der Waals surface area contributed by atoms with Crippen molar-refractivity contribution in [1.29, 1.82) is 0 Å². The summed E-state index contributed by atoms with van der Waals surface area (Å²) >= 11 is 5.79. The Morgan fingerprint density at radius 3 is 2.80 bits per heavy atom. The van der Waals surface area contributed by atoms with Crippen molar-refractivity contribution in [3.63, 3.8) is 0 Å². The summed E-state index contributed by atoms with van der Waals surface area (Å²) in [5, 5.41) is 13.9. The van der Waals surface area contributed by atoms with Crippen LogP contribution in [0, 0.1) is 10.1 Å². The molecular formula is C13H18ClN3O3. The molecule has 20 heavy (non-hydrogen) atoms. The molecule has 0 aliphatic rings. The van der Waals surface area contributed by atoms with E-state index in [1.54, 1.807) is 0 Å². The normalized spacial score (nSPS) is 11.9. The lowest BCUT2D eigenvalue weighted by molar-refractivity contribution is -0.385. The van der Waals surface area contributed by atoms with Gasteiger partial charge >= 0.3 is 0 Å². The van der Waals surface area contributed by atoms with Gasteiger partial charge in [0, 0.05) is 23.7 Å². The lowest BCUT2D eigenvalue weighted by Crippen LogP contribution is -2.40. The maximum Gasteiger partial charge on any atom is 0.282 e. The highest BCUT2D eigenvalue weighted by molar-refractivity contribution is 6.31. The first-order valence-electron chi connectivity index (χ1n) is 6.44. The molecule has 1 aromatic carbocycles. The van der Waals surface area contributed by atoms with Gasteiger partial charge in [0.15, 0.2) is 0 Å². The molecule has 0 spiro atoms. The molecule has 110 valence electrons. The summed E-state index contributed by atoms with van der Waals surface area (Å²) in [5.74, 6) is -0.522. The Morgan fingerprint density at radius 1 is 1.55 bits per heavy atom. The largest absolute Gasteiger partial charge is 0.348 e. The molecule has 1 atom stereocenters. The van der Waals surface area contributed by atoms with Crippen LogP contribution in [0.25, 0.3) is 0 Å². The van der Waals surface area contributed by atoms with Gasteiger partial charge in [0.25, 0.3) is 11.6 Å². The summed E-state index contributed by atoms with van der Waals surface area (Å²) in [5.41, 5.74) is 5.28. The van der Waals surface area contributed by atoms with Gasteiger partial charge in [-0.05, 0) is 18.6 Å². The summed E-state index contributed by atoms with van der Waals surface area (Å²) in [6, 6.07) is 3.71.